The van der Waals surface area contributed by atoms with Gasteiger partial charge >= 0.3 is 7.69 Å². The Hall–Kier alpha value is -4.50. The van der Waals surface area contributed by atoms with Gasteiger partial charge in [0.15, 0.2) is 0 Å². The van der Waals surface area contributed by atoms with Crippen molar-refractivity contribution in [2.45, 2.75) is 0 Å². The molecular weight excluding hydrogens is 427 g/mol. The minimum Gasteiger partial charge on any atom is -0.526 e. The van der Waals surface area contributed by atoms with E-state index in [9.17, 15) is 0 Å². The molecule has 0 atom stereocenters. The van der Waals surface area contributed by atoms with Crippen molar-refractivity contribution < 1.29 is 9.31 Å². The van der Waals surface area contributed by atoms with Crippen LogP contribution in [-0.2, 0) is 0 Å². The molecule has 0 heterocycles. The molecule has 35 heavy (non-hydrogen) atoms. The van der Waals surface area contributed by atoms with E-state index in [2.05, 4.69) is 109 Å². The van der Waals surface area contributed by atoms with Gasteiger partial charge in [0.1, 0.15) is 11.5 Å². The predicted molar refractivity (Wildman–Crippen MR) is 147 cm³/mol. The Morgan fingerprint density at radius 1 is 0.371 bits per heavy atom. The second-order valence-corrected chi connectivity index (χ2v) is 9.18. The lowest BCUT2D eigenvalue weighted by atomic mass is 9.93. The normalized spacial score (nSPS) is 12.0. The Balaban J connectivity index is 1.23. The molecule has 0 aliphatic rings. The molecule has 0 N–H and O–H groups in total. The van der Waals surface area contributed by atoms with E-state index < -0.39 is 0 Å². The molecule has 0 fully saturated rings. The van der Waals surface area contributed by atoms with Crippen molar-refractivity contribution in [3.8, 4) is 11.5 Å². The summed E-state index contributed by atoms with van der Waals surface area (Å²) in [6.45, 7) is 0. The molecule has 0 aromatic heterocycles. The van der Waals surface area contributed by atoms with Crippen molar-refractivity contribution in [3.63, 3.8) is 0 Å². The second kappa shape index (κ2) is 7.00. The first-order chi connectivity index (χ1) is 17.3. The molecule has 0 saturated carbocycles. The van der Waals surface area contributed by atoms with Crippen molar-refractivity contribution in [2.24, 2.45) is 0 Å². The summed E-state index contributed by atoms with van der Waals surface area (Å²) in [4.78, 5) is 0. The van der Waals surface area contributed by atoms with Gasteiger partial charge in [0, 0.05) is 21.5 Å². The van der Waals surface area contributed by atoms with Crippen LogP contribution < -0.4 is 9.31 Å². The zero-order valence-electron chi connectivity index (χ0n) is 18.8. The van der Waals surface area contributed by atoms with Crippen molar-refractivity contribution in [3.05, 3.63) is 109 Å². The lowest BCUT2D eigenvalue weighted by Gasteiger charge is -2.17. The quantitative estimate of drug-likeness (QED) is 0.200. The molecule has 3 heteroatoms. The van der Waals surface area contributed by atoms with Crippen molar-refractivity contribution >= 4 is 72.3 Å². The third-order valence-corrected chi connectivity index (χ3v) is 7.29. The second-order valence-electron chi connectivity index (χ2n) is 9.18. The molecule has 0 spiro atoms. The number of benzene rings is 8. The third kappa shape index (κ3) is 2.67. The highest BCUT2D eigenvalue weighted by molar-refractivity contribution is 6.28. The summed E-state index contributed by atoms with van der Waals surface area (Å²) >= 11 is 0. The van der Waals surface area contributed by atoms with E-state index in [1.165, 1.54) is 50.8 Å². The Labute approximate surface area is 202 Å². The molecule has 161 valence electrons. The summed E-state index contributed by atoms with van der Waals surface area (Å²) in [6.07, 6.45) is 0. The number of rotatable bonds is 4. The minimum atomic E-state index is 0.791. The van der Waals surface area contributed by atoms with Crippen LogP contribution >= 0.6 is 0 Å². The first-order valence-electron chi connectivity index (χ1n) is 11.8. The van der Waals surface area contributed by atoms with Gasteiger partial charge in [-0.2, -0.15) is 0 Å². The maximum Gasteiger partial charge on any atom is 0.658 e. The van der Waals surface area contributed by atoms with Gasteiger partial charge in [-0.15, -0.1) is 0 Å². The molecule has 8 rings (SSSR count). The van der Waals surface area contributed by atoms with Gasteiger partial charge in [0.2, 0.25) is 0 Å². The van der Waals surface area contributed by atoms with Crippen LogP contribution in [0.1, 0.15) is 0 Å². The van der Waals surface area contributed by atoms with Crippen molar-refractivity contribution in [1.82, 2.24) is 0 Å². The molecule has 1 radical (unpaired) electrons. The van der Waals surface area contributed by atoms with E-state index in [0.717, 1.165) is 33.0 Å². The Morgan fingerprint density at radius 2 is 0.743 bits per heavy atom. The molecule has 8 aromatic rings. The van der Waals surface area contributed by atoms with Gasteiger partial charge < -0.3 is 9.31 Å². The van der Waals surface area contributed by atoms with Gasteiger partial charge in [0.25, 0.3) is 0 Å². The molecule has 0 bridgehead atoms. The van der Waals surface area contributed by atoms with Gasteiger partial charge in [-0.1, -0.05) is 97.1 Å². The Bertz CT molecular complexity index is 1890. The molecule has 2 nitrogen and oxygen atoms in total. The van der Waals surface area contributed by atoms with Crippen LogP contribution in [0, 0.1) is 0 Å². The lowest BCUT2D eigenvalue weighted by Crippen LogP contribution is -2.11. The third-order valence-electron chi connectivity index (χ3n) is 7.29. The zero-order chi connectivity index (χ0) is 22.9. The first kappa shape index (κ1) is 18.9. The minimum absolute atomic E-state index is 0.791. The standard InChI is InChI=1S/C32H18BO2/c1-5-19-13-15-21-7-3-11-25-27(17-23(9-1)29(19)31(21)25)34-33-35-28-18-24-10-2-6-20-14-16-22-8-4-12-26(28)32(22)30(20)24/h1-18H. The van der Waals surface area contributed by atoms with Crippen LogP contribution in [0.25, 0.3) is 64.6 Å². The van der Waals surface area contributed by atoms with Crippen LogP contribution in [-0.4, -0.2) is 7.69 Å². The Kier molecular flexibility index (Phi) is 3.78. The fourth-order valence-electron chi connectivity index (χ4n) is 5.78. The average molecular weight is 445 g/mol. The van der Waals surface area contributed by atoms with Gasteiger partial charge in [-0.25, -0.2) is 0 Å². The summed E-state index contributed by atoms with van der Waals surface area (Å²) in [7, 11) is 1.47. The number of hydrogen-bond acceptors (Lipinski definition) is 2. The summed E-state index contributed by atoms with van der Waals surface area (Å²) in [5, 5.41) is 14.4. The highest BCUT2D eigenvalue weighted by atomic mass is 16.6. The summed E-state index contributed by atoms with van der Waals surface area (Å²) in [6, 6.07) is 38.5. The lowest BCUT2D eigenvalue weighted by molar-refractivity contribution is 0.465. The maximum absolute atomic E-state index is 6.19. The molecule has 0 aliphatic heterocycles. The van der Waals surface area contributed by atoms with Crippen LogP contribution in [0.5, 0.6) is 11.5 Å². The van der Waals surface area contributed by atoms with E-state index in [4.69, 9.17) is 9.31 Å². The van der Waals surface area contributed by atoms with E-state index in [-0.39, 0.29) is 0 Å². The van der Waals surface area contributed by atoms with Crippen LogP contribution in [0.2, 0.25) is 0 Å². The van der Waals surface area contributed by atoms with E-state index >= 15 is 0 Å². The smallest absolute Gasteiger partial charge is 0.526 e. The topological polar surface area (TPSA) is 18.5 Å². The molecular formula is C32H18BO2. The average Bonchev–Trinajstić information content (AvgIpc) is 2.91. The highest BCUT2D eigenvalue weighted by Crippen LogP contribution is 2.41. The molecule has 0 amide bonds. The number of hydrogen-bond donors (Lipinski definition) is 0. The fourth-order valence-corrected chi connectivity index (χ4v) is 5.78. The maximum atomic E-state index is 6.19. The van der Waals surface area contributed by atoms with Crippen molar-refractivity contribution in [2.75, 3.05) is 0 Å². The van der Waals surface area contributed by atoms with E-state index in [1.54, 1.807) is 0 Å². The predicted octanol–water partition coefficient (Wildman–Crippen LogP) is 8.47. The Morgan fingerprint density at radius 3 is 1.20 bits per heavy atom. The molecule has 8 aromatic carbocycles. The summed E-state index contributed by atoms with van der Waals surface area (Å²) in [5.41, 5.74) is 0. The summed E-state index contributed by atoms with van der Waals surface area (Å²) < 4.78 is 12.4. The SMILES string of the molecule is [B](Oc1cc2cccc3ccc4cccc1c4c32)Oc1cc2cccc3ccc4cccc1c4c32. The fraction of sp³-hybridized carbons (Fsp3) is 0. The molecule has 0 aliphatic carbocycles. The van der Waals surface area contributed by atoms with Crippen LogP contribution in [0.4, 0.5) is 0 Å². The van der Waals surface area contributed by atoms with Crippen molar-refractivity contribution in [1.29, 1.82) is 0 Å². The monoisotopic (exact) mass is 445 g/mol. The van der Waals surface area contributed by atoms with Crippen LogP contribution in [0.15, 0.2) is 109 Å². The van der Waals surface area contributed by atoms with Gasteiger partial charge in [-0.3, -0.25) is 0 Å². The van der Waals surface area contributed by atoms with E-state index in [0.29, 0.717) is 0 Å². The van der Waals surface area contributed by atoms with Crippen LogP contribution in [0.3, 0.4) is 0 Å². The van der Waals surface area contributed by atoms with Gasteiger partial charge in [0.05, 0.1) is 0 Å². The zero-order valence-corrected chi connectivity index (χ0v) is 18.8. The highest BCUT2D eigenvalue weighted by Gasteiger charge is 2.16. The summed E-state index contributed by atoms with van der Waals surface area (Å²) in [5.74, 6) is 1.58. The molecule has 0 unspecified atom stereocenters. The van der Waals surface area contributed by atoms with Gasteiger partial charge in [-0.05, 0) is 55.2 Å². The first-order valence-corrected chi connectivity index (χ1v) is 11.8. The largest absolute Gasteiger partial charge is 0.658 e. The van der Waals surface area contributed by atoms with E-state index in [1.807, 2.05) is 0 Å². The molecule has 0 saturated heterocycles.